The lowest BCUT2D eigenvalue weighted by molar-refractivity contribution is 0.102. The van der Waals surface area contributed by atoms with Crippen LogP contribution in [0.5, 0.6) is 0 Å². The molecule has 3 aromatic heterocycles. The minimum absolute atomic E-state index is 0.195. The number of benzene rings is 1. The number of imidazole rings is 1. The zero-order valence-corrected chi connectivity index (χ0v) is 19.0. The van der Waals surface area contributed by atoms with Crippen LogP contribution in [-0.4, -0.2) is 25.6 Å². The summed E-state index contributed by atoms with van der Waals surface area (Å²) >= 11 is 3.06. The number of hydrogen-bond acceptors (Lipinski definition) is 7. The molecule has 0 atom stereocenters. The molecule has 0 aliphatic carbocycles. The van der Waals surface area contributed by atoms with E-state index in [0.717, 1.165) is 32.8 Å². The minimum Gasteiger partial charge on any atom is -0.361 e. The van der Waals surface area contributed by atoms with Crippen molar-refractivity contribution in [3.05, 3.63) is 77.6 Å². The number of carbonyl (C=O) groups excluding carboxylic acids is 1. The Morgan fingerprint density at radius 2 is 1.94 bits per heavy atom. The average molecular weight is 452 g/mol. The van der Waals surface area contributed by atoms with Crippen molar-refractivity contribution >= 4 is 35.1 Å². The first-order valence-corrected chi connectivity index (χ1v) is 11.4. The highest BCUT2D eigenvalue weighted by Crippen LogP contribution is 2.29. The summed E-state index contributed by atoms with van der Waals surface area (Å²) in [6, 6.07) is 11.2. The lowest BCUT2D eigenvalue weighted by Gasteiger charge is -2.10. The van der Waals surface area contributed by atoms with Crippen molar-refractivity contribution in [3.63, 3.8) is 0 Å². The molecule has 0 aliphatic heterocycles. The number of anilines is 1. The SMILES string of the molecule is Cc1noc(C)c1CSc1ncccc1C(=O)Nc1ccc(Sc2nccn2C)cc1. The number of nitrogens with one attached hydrogen (secondary N) is 1. The Labute approximate surface area is 188 Å². The third-order valence-electron chi connectivity index (χ3n) is 4.65. The van der Waals surface area contributed by atoms with Gasteiger partial charge in [-0.3, -0.25) is 4.79 Å². The molecule has 9 heteroatoms. The van der Waals surface area contributed by atoms with Gasteiger partial charge in [-0.25, -0.2) is 9.97 Å². The normalized spacial score (nSPS) is 10.9. The summed E-state index contributed by atoms with van der Waals surface area (Å²) in [6.07, 6.45) is 5.37. The fourth-order valence-electron chi connectivity index (χ4n) is 2.89. The van der Waals surface area contributed by atoms with Gasteiger partial charge in [0.2, 0.25) is 0 Å². The van der Waals surface area contributed by atoms with Crippen LogP contribution in [0.15, 0.2) is 74.6 Å². The smallest absolute Gasteiger partial charge is 0.258 e. The highest BCUT2D eigenvalue weighted by molar-refractivity contribution is 7.99. The quantitative estimate of drug-likeness (QED) is 0.391. The number of aryl methyl sites for hydroxylation is 3. The molecule has 1 amide bonds. The minimum atomic E-state index is -0.195. The van der Waals surface area contributed by atoms with Gasteiger partial charge in [0.15, 0.2) is 5.16 Å². The van der Waals surface area contributed by atoms with Crippen molar-refractivity contribution in [1.29, 1.82) is 0 Å². The van der Waals surface area contributed by atoms with Crippen molar-refractivity contribution in [3.8, 4) is 0 Å². The number of carbonyl (C=O) groups is 1. The van der Waals surface area contributed by atoms with Crippen molar-refractivity contribution in [2.24, 2.45) is 7.05 Å². The van der Waals surface area contributed by atoms with Gasteiger partial charge in [-0.05, 0) is 50.2 Å². The molecule has 0 unspecified atom stereocenters. The van der Waals surface area contributed by atoms with Gasteiger partial charge in [0.05, 0.1) is 11.3 Å². The number of hydrogen-bond donors (Lipinski definition) is 1. The van der Waals surface area contributed by atoms with Crippen LogP contribution in [0.3, 0.4) is 0 Å². The van der Waals surface area contributed by atoms with E-state index in [9.17, 15) is 4.79 Å². The Kier molecular flexibility index (Phi) is 6.43. The Morgan fingerprint density at radius 3 is 2.61 bits per heavy atom. The van der Waals surface area contributed by atoms with Crippen LogP contribution in [0.25, 0.3) is 0 Å². The third-order valence-corrected chi connectivity index (χ3v) is 6.76. The Morgan fingerprint density at radius 1 is 1.13 bits per heavy atom. The maximum Gasteiger partial charge on any atom is 0.258 e. The molecule has 0 spiro atoms. The zero-order valence-electron chi connectivity index (χ0n) is 17.3. The van der Waals surface area contributed by atoms with Crippen LogP contribution in [0.1, 0.15) is 27.4 Å². The van der Waals surface area contributed by atoms with Gasteiger partial charge in [0.1, 0.15) is 10.8 Å². The van der Waals surface area contributed by atoms with Gasteiger partial charge < -0.3 is 14.4 Å². The molecule has 4 rings (SSSR count). The molecule has 0 aliphatic rings. The molecule has 0 radical (unpaired) electrons. The number of amides is 1. The molecule has 0 saturated heterocycles. The zero-order chi connectivity index (χ0) is 21.8. The summed E-state index contributed by atoms with van der Waals surface area (Å²) in [7, 11) is 1.96. The van der Waals surface area contributed by atoms with E-state index in [-0.39, 0.29) is 5.91 Å². The van der Waals surface area contributed by atoms with Gasteiger partial charge in [-0.15, -0.1) is 11.8 Å². The Bertz CT molecular complexity index is 1180. The summed E-state index contributed by atoms with van der Waals surface area (Å²) in [6.45, 7) is 3.80. The summed E-state index contributed by atoms with van der Waals surface area (Å²) in [5, 5.41) is 8.52. The van der Waals surface area contributed by atoms with E-state index in [1.807, 2.05) is 55.9 Å². The molecular weight excluding hydrogens is 430 g/mol. The highest BCUT2D eigenvalue weighted by atomic mass is 32.2. The monoisotopic (exact) mass is 451 g/mol. The number of nitrogens with zero attached hydrogens (tertiary/aromatic N) is 4. The molecule has 3 heterocycles. The molecule has 1 aromatic carbocycles. The number of aromatic nitrogens is 4. The van der Waals surface area contributed by atoms with Crippen LogP contribution >= 0.6 is 23.5 Å². The average Bonchev–Trinajstić information content (AvgIpc) is 3.32. The highest BCUT2D eigenvalue weighted by Gasteiger charge is 2.16. The van der Waals surface area contributed by atoms with E-state index >= 15 is 0 Å². The second-order valence-corrected chi connectivity index (χ2v) is 8.85. The van der Waals surface area contributed by atoms with Crippen LogP contribution in [-0.2, 0) is 12.8 Å². The third kappa shape index (κ3) is 5.00. The second-order valence-electron chi connectivity index (χ2n) is 6.85. The second kappa shape index (κ2) is 9.40. The molecule has 4 aromatic rings. The summed E-state index contributed by atoms with van der Waals surface area (Å²) < 4.78 is 7.18. The molecule has 158 valence electrons. The first-order valence-electron chi connectivity index (χ1n) is 9.57. The number of rotatable bonds is 7. The fraction of sp³-hybridized carbons (Fsp3) is 0.182. The van der Waals surface area contributed by atoms with Crippen molar-refractivity contribution in [2.45, 2.75) is 34.7 Å². The summed E-state index contributed by atoms with van der Waals surface area (Å²) in [4.78, 5) is 22.7. The van der Waals surface area contributed by atoms with E-state index < -0.39 is 0 Å². The van der Waals surface area contributed by atoms with Gasteiger partial charge in [-0.1, -0.05) is 16.9 Å². The topological polar surface area (TPSA) is 85.8 Å². The molecule has 0 bridgehead atoms. The molecular formula is C22H21N5O2S2. The fourth-order valence-corrected chi connectivity index (χ4v) is 4.83. The van der Waals surface area contributed by atoms with Gasteiger partial charge in [0.25, 0.3) is 5.91 Å². The lowest BCUT2D eigenvalue weighted by Crippen LogP contribution is -2.13. The van der Waals surface area contributed by atoms with E-state index in [4.69, 9.17) is 4.52 Å². The Balaban J connectivity index is 1.43. The molecule has 1 N–H and O–H groups in total. The van der Waals surface area contributed by atoms with Crippen molar-refractivity contribution < 1.29 is 9.32 Å². The maximum absolute atomic E-state index is 12.9. The Hall–Kier alpha value is -3.04. The predicted octanol–water partition coefficient (Wildman–Crippen LogP) is 5.12. The van der Waals surface area contributed by atoms with Crippen LogP contribution in [0.2, 0.25) is 0 Å². The molecule has 0 saturated carbocycles. The first-order chi connectivity index (χ1) is 15.0. The van der Waals surface area contributed by atoms with Crippen molar-refractivity contribution in [2.75, 3.05) is 5.32 Å². The lowest BCUT2D eigenvalue weighted by atomic mass is 10.2. The van der Waals surface area contributed by atoms with Crippen LogP contribution < -0.4 is 5.32 Å². The number of pyridine rings is 1. The number of thioether (sulfide) groups is 1. The van der Waals surface area contributed by atoms with Crippen LogP contribution in [0, 0.1) is 13.8 Å². The van der Waals surface area contributed by atoms with Crippen molar-refractivity contribution in [1.82, 2.24) is 19.7 Å². The van der Waals surface area contributed by atoms with E-state index in [1.54, 1.807) is 36.3 Å². The first kappa shape index (κ1) is 21.2. The predicted molar refractivity (Wildman–Crippen MR) is 122 cm³/mol. The largest absolute Gasteiger partial charge is 0.361 e. The van der Waals surface area contributed by atoms with Gasteiger partial charge in [-0.2, -0.15) is 0 Å². The summed E-state index contributed by atoms with van der Waals surface area (Å²) in [5.41, 5.74) is 3.14. The van der Waals surface area contributed by atoms with Gasteiger partial charge >= 0.3 is 0 Å². The molecule has 31 heavy (non-hydrogen) atoms. The van der Waals surface area contributed by atoms with Gasteiger partial charge in [0, 0.05) is 47.5 Å². The van der Waals surface area contributed by atoms with E-state index in [0.29, 0.717) is 16.3 Å². The van der Waals surface area contributed by atoms with Crippen LogP contribution in [0.4, 0.5) is 5.69 Å². The summed E-state index contributed by atoms with van der Waals surface area (Å²) in [5.74, 6) is 1.23. The molecule has 0 fully saturated rings. The van der Waals surface area contributed by atoms with E-state index in [1.165, 1.54) is 11.8 Å². The standard InChI is InChI=1S/C22H21N5O2S2/c1-14-19(15(2)29-26-14)13-30-21-18(5-4-10-23-21)20(28)25-16-6-8-17(9-7-16)31-22-24-11-12-27(22)3/h4-12H,13H2,1-3H3,(H,25,28). The van der Waals surface area contributed by atoms with E-state index in [2.05, 4.69) is 20.4 Å². The molecule has 7 nitrogen and oxygen atoms in total. The maximum atomic E-state index is 12.9.